The molecule has 0 aliphatic rings. The number of nitrogens with zero attached hydrogens (tertiary/aromatic N) is 1. The van der Waals surface area contributed by atoms with Crippen LogP contribution in [0.15, 0.2) is 12.1 Å². The molecule has 0 radical (unpaired) electrons. The lowest BCUT2D eigenvalue weighted by Gasteiger charge is -2.02. The van der Waals surface area contributed by atoms with Gasteiger partial charge in [-0.1, -0.05) is 0 Å². The van der Waals surface area contributed by atoms with Crippen molar-refractivity contribution >= 4 is 17.3 Å². The number of alkyl halides is 1. The van der Waals surface area contributed by atoms with E-state index in [2.05, 4.69) is 0 Å². The highest BCUT2D eigenvalue weighted by molar-refractivity contribution is 6.17. The van der Waals surface area contributed by atoms with Gasteiger partial charge in [-0.15, -0.1) is 11.6 Å². The maximum Gasteiger partial charge on any atom is 0.272 e. The molecule has 0 saturated heterocycles. The number of aryl methyl sites for hydroxylation is 1. The van der Waals surface area contributed by atoms with Crippen molar-refractivity contribution in [3.05, 3.63) is 39.2 Å². The lowest BCUT2D eigenvalue weighted by atomic mass is 10.1. The van der Waals surface area contributed by atoms with Crippen LogP contribution in [-0.2, 0) is 5.88 Å². The summed E-state index contributed by atoms with van der Waals surface area (Å²) in [6.45, 7) is 1.59. The second kappa shape index (κ2) is 3.70. The standard InChI is InChI=1S/C8H7ClFNO2/c1-5-2-6(11(12)13)3-8(10)7(5)4-9/h2-3H,4H2,1H3. The molecule has 1 rings (SSSR count). The van der Waals surface area contributed by atoms with Crippen LogP contribution in [-0.4, -0.2) is 4.92 Å². The van der Waals surface area contributed by atoms with Gasteiger partial charge in [-0.05, 0) is 12.5 Å². The molecular weight excluding hydrogens is 197 g/mol. The van der Waals surface area contributed by atoms with Crippen LogP contribution < -0.4 is 0 Å². The third-order valence-electron chi connectivity index (χ3n) is 1.75. The average molecular weight is 204 g/mol. The van der Waals surface area contributed by atoms with Crippen LogP contribution in [0.25, 0.3) is 0 Å². The molecule has 5 heteroatoms. The summed E-state index contributed by atoms with van der Waals surface area (Å²) < 4.78 is 13.1. The van der Waals surface area contributed by atoms with Gasteiger partial charge >= 0.3 is 0 Å². The van der Waals surface area contributed by atoms with Gasteiger partial charge in [0, 0.05) is 11.6 Å². The minimum absolute atomic E-state index is 0.0235. The average Bonchev–Trinajstić information content (AvgIpc) is 2.03. The van der Waals surface area contributed by atoms with Gasteiger partial charge in [0.25, 0.3) is 5.69 Å². The number of halogens is 2. The first kappa shape index (κ1) is 9.92. The van der Waals surface area contributed by atoms with Crippen molar-refractivity contribution < 1.29 is 9.31 Å². The minimum Gasteiger partial charge on any atom is -0.258 e. The van der Waals surface area contributed by atoms with Crippen LogP contribution in [0.4, 0.5) is 10.1 Å². The summed E-state index contributed by atoms with van der Waals surface area (Å²) in [5, 5.41) is 10.3. The number of hydrogen-bond acceptors (Lipinski definition) is 2. The number of nitro groups is 1. The fraction of sp³-hybridized carbons (Fsp3) is 0.250. The van der Waals surface area contributed by atoms with Gasteiger partial charge in [0.1, 0.15) is 5.82 Å². The fourth-order valence-corrected chi connectivity index (χ4v) is 1.37. The Morgan fingerprint density at radius 2 is 2.23 bits per heavy atom. The summed E-state index contributed by atoms with van der Waals surface area (Å²) in [6, 6.07) is 2.19. The highest BCUT2D eigenvalue weighted by Gasteiger charge is 2.13. The van der Waals surface area contributed by atoms with Crippen molar-refractivity contribution in [2.24, 2.45) is 0 Å². The molecule has 0 amide bonds. The molecule has 0 spiro atoms. The van der Waals surface area contributed by atoms with Crippen molar-refractivity contribution in [1.82, 2.24) is 0 Å². The quantitative estimate of drug-likeness (QED) is 0.421. The normalized spacial score (nSPS) is 10.1. The van der Waals surface area contributed by atoms with E-state index in [0.717, 1.165) is 6.07 Å². The van der Waals surface area contributed by atoms with Crippen molar-refractivity contribution in [1.29, 1.82) is 0 Å². The van der Waals surface area contributed by atoms with Crippen molar-refractivity contribution in [2.75, 3.05) is 0 Å². The molecule has 1 aromatic carbocycles. The van der Waals surface area contributed by atoms with E-state index < -0.39 is 10.7 Å². The molecule has 0 saturated carbocycles. The van der Waals surface area contributed by atoms with Gasteiger partial charge in [-0.3, -0.25) is 10.1 Å². The molecule has 0 aromatic heterocycles. The van der Waals surface area contributed by atoms with Gasteiger partial charge in [0.2, 0.25) is 0 Å². The Balaban J connectivity index is 3.28. The van der Waals surface area contributed by atoms with Crippen molar-refractivity contribution in [3.8, 4) is 0 Å². The summed E-state index contributed by atoms with van der Waals surface area (Å²) in [5.41, 5.74) is 0.567. The Morgan fingerprint density at radius 3 is 2.62 bits per heavy atom. The van der Waals surface area contributed by atoms with E-state index in [4.69, 9.17) is 11.6 Å². The molecule has 0 bridgehead atoms. The van der Waals surface area contributed by atoms with Crippen LogP contribution >= 0.6 is 11.6 Å². The van der Waals surface area contributed by atoms with E-state index in [1.54, 1.807) is 6.92 Å². The Hall–Kier alpha value is -1.16. The Bertz CT molecular complexity index is 331. The SMILES string of the molecule is Cc1cc([N+](=O)[O-])cc(F)c1CCl. The number of rotatable bonds is 2. The lowest BCUT2D eigenvalue weighted by molar-refractivity contribution is -0.385. The number of non-ortho nitro benzene ring substituents is 1. The van der Waals surface area contributed by atoms with Gasteiger partial charge in [0.15, 0.2) is 0 Å². The fourth-order valence-electron chi connectivity index (χ4n) is 1.03. The Kier molecular flexibility index (Phi) is 2.83. The molecule has 0 aliphatic carbocycles. The first-order valence-electron chi connectivity index (χ1n) is 3.55. The predicted molar refractivity (Wildman–Crippen MR) is 47.3 cm³/mol. The first-order chi connectivity index (χ1) is 6.06. The third-order valence-corrected chi connectivity index (χ3v) is 2.02. The minimum atomic E-state index is -0.631. The largest absolute Gasteiger partial charge is 0.272 e. The van der Waals surface area contributed by atoms with Gasteiger partial charge in [0.05, 0.1) is 16.9 Å². The molecule has 3 nitrogen and oxygen atoms in total. The molecule has 0 fully saturated rings. The zero-order valence-electron chi connectivity index (χ0n) is 6.88. The maximum atomic E-state index is 13.1. The molecular formula is C8H7ClFNO2. The number of nitro benzene ring substituents is 1. The summed E-state index contributed by atoms with van der Waals surface area (Å²) in [5.74, 6) is -0.600. The smallest absolute Gasteiger partial charge is 0.258 e. The van der Waals surface area contributed by atoms with Crippen LogP contribution in [0.1, 0.15) is 11.1 Å². The van der Waals surface area contributed by atoms with Crippen LogP contribution in [0.5, 0.6) is 0 Å². The highest BCUT2D eigenvalue weighted by Crippen LogP contribution is 2.22. The zero-order valence-corrected chi connectivity index (χ0v) is 7.64. The molecule has 0 unspecified atom stereocenters. The highest BCUT2D eigenvalue weighted by atomic mass is 35.5. The van der Waals surface area contributed by atoms with E-state index in [1.165, 1.54) is 6.07 Å². The summed E-state index contributed by atoms with van der Waals surface area (Å²) in [4.78, 5) is 9.68. The predicted octanol–water partition coefficient (Wildman–Crippen LogP) is 2.78. The number of hydrogen-bond donors (Lipinski definition) is 0. The first-order valence-corrected chi connectivity index (χ1v) is 4.09. The summed E-state index contributed by atoms with van der Waals surface area (Å²) in [6.07, 6.45) is 0. The third kappa shape index (κ3) is 1.95. The summed E-state index contributed by atoms with van der Waals surface area (Å²) in [7, 11) is 0. The zero-order chi connectivity index (χ0) is 10.0. The lowest BCUT2D eigenvalue weighted by Crippen LogP contribution is -1.95. The van der Waals surface area contributed by atoms with Crippen LogP contribution in [0.3, 0.4) is 0 Å². The van der Waals surface area contributed by atoms with E-state index >= 15 is 0 Å². The van der Waals surface area contributed by atoms with Crippen molar-refractivity contribution in [2.45, 2.75) is 12.8 Å². The molecule has 13 heavy (non-hydrogen) atoms. The van der Waals surface area contributed by atoms with Gasteiger partial charge in [-0.25, -0.2) is 4.39 Å². The molecule has 70 valence electrons. The van der Waals surface area contributed by atoms with Crippen molar-refractivity contribution in [3.63, 3.8) is 0 Å². The monoisotopic (exact) mass is 203 g/mol. The Morgan fingerprint density at radius 1 is 1.62 bits per heavy atom. The van der Waals surface area contributed by atoms with Crippen LogP contribution in [0.2, 0.25) is 0 Å². The molecule has 0 N–H and O–H groups in total. The van der Waals surface area contributed by atoms with Gasteiger partial charge in [-0.2, -0.15) is 0 Å². The molecule has 0 atom stereocenters. The topological polar surface area (TPSA) is 43.1 Å². The van der Waals surface area contributed by atoms with E-state index in [-0.39, 0.29) is 11.6 Å². The van der Waals surface area contributed by atoms with E-state index in [1.807, 2.05) is 0 Å². The molecule has 1 aromatic rings. The molecule has 0 aliphatic heterocycles. The maximum absolute atomic E-state index is 13.1. The van der Waals surface area contributed by atoms with Gasteiger partial charge < -0.3 is 0 Å². The second-order valence-electron chi connectivity index (χ2n) is 2.61. The molecule has 0 heterocycles. The summed E-state index contributed by atoms with van der Waals surface area (Å²) >= 11 is 5.46. The van der Waals surface area contributed by atoms with E-state index in [0.29, 0.717) is 11.1 Å². The van der Waals surface area contributed by atoms with Crippen LogP contribution in [0, 0.1) is 22.9 Å². The second-order valence-corrected chi connectivity index (χ2v) is 2.88. The Labute approximate surface area is 79.3 Å². The van der Waals surface area contributed by atoms with E-state index in [9.17, 15) is 14.5 Å². The number of benzene rings is 1.